The minimum Gasteiger partial charge on any atom is -0.454 e. The van der Waals surface area contributed by atoms with Crippen molar-refractivity contribution < 1.29 is 14.3 Å². The van der Waals surface area contributed by atoms with E-state index in [1.165, 1.54) is 0 Å². The van der Waals surface area contributed by atoms with E-state index in [1.807, 2.05) is 36.9 Å². The lowest BCUT2D eigenvalue weighted by molar-refractivity contribution is -0.133. The summed E-state index contributed by atoms with van der Waals surface area (Å²) in [4.78, 5) is 18.3. The summed E-state index contributed by atoms with van der Waals surface area (Å²) in [6, 6.07) is 6.13. The molecule has 0 saturated carbocycles. The molecule has 2 aliphatic rings. The lowest BCUT2D eigenvalue weighted by Crippen LogP contribution is -2.45. The van der Waals surface area contributed by atoms with Crippen LogP contribution in [0.4, 0.5) is 0 Å². The maximum Gasteiger partial charge on any atom is 0.231 e. The fraction of sp³-hybridized carbons (Fsp3) is 0.556. The first kappa shape index (κ1) is 20.6. The quantitative estimate of drug-likeness (QED) is 0.397. The van der Waals surface area contributed by atoms with E-state index in [-0.39, 0.29) is 48.6 Å². The van der Waals surface area contributed by atoms with E-state index in [0.717, 1.165) is 42.5 Å². The predicted molar refractivity (Wildman–Crippen MR) is 111 cm³/mol. The molecular formula is C18H27IN4O3. The third-order valence-corrected chi connectivity index (χ3v) is 4.46. The van der Waals surface area contributed by atoms with E-state index in [4.69, 9.17) is 9.47 Å². The van der Waals surface area contributed by atoms with Gasteiger partial charge in [0.25, 0.3) is 0 Å². The average Bonchev–Trinajstić information content (AvgIpc) is 3.26. The van der Waals surface area contributed by atoms with E-state index in [2.05, 4.69) is 15.6 Å². The van der Waals surface area contributed by atoms with Crippen LogP contribution in [-0.4, -0.2) is 49.7 Å². The predicted octanol–water partition coefficient (Wildman–Crippen LogP) is 1.96. The molecule has 0 aromatic heterocycles. The first-order valence-corrected chi connectivity index (χ1v) is 8.71. The van der Waals surface area contributed by atoms with Crippen LogP contribution in [-0.2, 0) is 11.3 Å². The fourth-order valence-electron chi connectivity index (χ4n) is 3.07. The van der Waals surface area contributed by atoms with Gasteiger partial charge in [-0.15, -0.1) is 24.0 Å². The van der Waals surface area contributed by atoms with Gasteiger partial charge in [-0.05, 0) is 24.1 Å². The Bertz CT molecular complexity index is 666. The molecule has 2 heterocycles. The highest BCUT2D eigenvalue weighted by atomic mass is 127. The molecule has 3 rings (SSSR count). The molecule has 1 aromatic carbocycles. The third-order valence-electron chi connectivity index (χ3n) is 4.46. The molecule has 0 spiro atoms. The van der Waals surface area contributed by atoms with Crippen molar-refractivity contribution in [3.63, 3.8) is 0 Å². The number of carbonyl (C=O) groups excluding carboxylic acids is 1. The summed E-state index contributed by atoms with van der Waals surface area (Å²) in [6.07, 6.45) is 0.934. The van der Waals surface area contributed by atoms with Gasteiger partial charge in [-0.1, -0.05) is 19.9 Å². The smallest absolute Gasteiger partial charge is 0.231 e. The minimum atomic E-state index is 0. The molecule has 1 saturated heterocycles. The van der Waals surface area contributed by atoms with Crippen LogP contribution in [0.25, 0.3) is 0 Å². The average molecular weight is 474 g/mol. The zero-order valence-electron chi connectivity index (χ0n) is 15.4. The highest BCUT2D eigenvalue weighted by molar-refractivity contribution is 14.0. The van der Waals surface area contributed by atoms with Gasteiger partial charge in [-0.3, -0.25) is 9.79 Å². The van der Waals surface area contributed by atoms with E-state index < -0.39 is 0 Å². The van der Waals surface area contributed by atoms with Gasteiger partial charge in [0.15, 0.2) is 17.5 Å². The first-order chi connectivity index (χ1) is 12.1. The van der Waals surface area contributed by atoms with Gasteiger partial charge in [-0.2, -0.15) is 0 Å². The summed E-state index contributed by atoms with van der Waals surface area (Å²) in [6.45, 7) is 6.32. The molecule has 0 aliphatic carbocycles. The van der Waals surface area contributed by atoms with Gasteiger partial charge in [0.05, 0.1) is 0 Å². The molecule has 2 aliphatic heterocycles. The summed E-state index contributed by atoms with van der Waals surface area (Å²) in [5.74, 6) is 2.56. The first-order valence-electron chi connectivity index (χ1n) is 8.71. The number of hydrogen-bond acceptors (Lipinski definition) is 4. The van der Waals surface area contributed by atoms with Crippen LogP contribution in [0, 0.1) is 5.92 Å². The molecule has 2 N–H and O–H groups in total. The SMILES string of the molecule is CN=C(NCc1ccc2c(c1)OCO2)NC1CCN(C(=O)C(C)C)C1.I. The molecule has 144 valence electrons. The molecule has 8 heteroatoms. The normalized spacial score (nSPS) is 18.7. The maximum absolute atomic E-state index is 12.1. The summed E-state index contributed by atoms with van der Waals surface area (Å²) in [5.41, 5.74) is 1.09. The Morgan fingerprint density at radius 1 is 1.35 bits per heavy atom. The Morgan fingerprint density at radius 3 is 2.85 bits per heavy atom. The number of aliphatic imine (C=N–C) groups is 1. The van der Waals surface area contributed by atoms with Crippen LogP contribution in [0.3, 0.4) is 0 Å². The van der Waals surface area contributed by atoms with Crippen molar-refractivity contribution in [2.24, 2.45) is 10.9 Å². The number of carbonyl (C=O) groups is 1. The van der Waals surface area contributed by atoms with Crippen LogP contribution in [0.2, 0.25) is 0 Å². The lowest BCUT2D eigenvalue weighted by Gasteiger charge is -2.20. The second-order valence-corrected chi connectivity index (χ2v) is 6.68. The van der Waals surface area contributed by atoms with Crippen molar-refractivity contribution in [2.75, 3.05) is 26.9 Å². The topological polar surface area (TPSA) is 75.2 Å². The molecule has 26 heavy (non-hydrogen) atoms. The molecule has 1 amide bonds. The van der Waals surface area contributed by atoms with Crippen LogP contribution >= 0.6 is 24.0 Å². The van der Waals surface area contributed by atoms with E-state index in [9.17, 15) is 4.79 Å². The van der Waals surface area contributed by atoms with Crippen LogP contribution in [0.5, 0.6) is 11.5 Å². The number of halogens is 1. The zero-order valence-corrected chi connectivity index (χ0v) is 17.8. The number of benzene rings is 1. The highest BCUT2D eigenvalue weighted by Gasteiger charge is 2.27. The van der Waals surface area contributed by atoms with E-state index >= 15 is 0 Å². The molecule has 7 nitrogen and oxygen atoms in total. The Morgan fingerprint density at radius 2 is 2.12 bits per heavy atom. The third kappa shape index (κ3) is 4.93. The molecule has 1 aromatic rings. The number of hydrogen-bond donors (Lipinski definition) is 2. The molecule has 1 unspecified atom stereocenters. The molecule has 1 atom stereocenters. The Kier molecular flexibility index (Phi) is 7.36. The Labute approximate surface area is 171 Å². The monoisotopic (exact) mass is 474 g/mol. The number of fused-ring (bicyclic) bond motifs is 1. The molecule has 1 fully saturated rings. The second-order valence-electron chi connectivity index (χ2n) is 6.68. The van der Waals surface area contributed by atoms with Crippen molar-refractivity contribution in [2.45, 2.75) is 32.9 Å². The summed E-state index contributed by atoms with van der Waals surface area (Å²) in [7, 11) is 1.75. The summed E-state index contributed by atoms with van der Waals surface area (Å²) in [5, 5.41) is 6.71. The zero-order chi connectivity index (χ0) is 17.8. The number of likely N-dealkylation sites (tertiary alicyclic amines) is 1. The van der Waals surface area contributed by atoms with Crippen molar-refractivity contribution in [3.8, 4) is 11.5 Å². The fourth-order valence-corrected chi connectivity index (χ4v) is 3.07. The maximum atomic E-state index is 12.1. The second kappa shape index (κ2) is 9.29. The summed E-state index contributed by atoms with van der Waals surface area (Å²) >= 11 is 0. The molecule has 0 radical (unpaired) electrons. The van der Waals surface area contributed by atoms with Gasteiger partial charge < -0.3 is 25.0 Å². The number of nitrogens with one attached hydrogen (secondary N) is 2. The van der Waals surface area contributed by atoms with Crippen LogP contribution < -0.4 is 20.1 Å². The molecular weight excluding hydrogens is 447 g/mol. The van der Waals surface area contributed by atoms with Crippen molar-refractivity contribution >= 4 is 35.8 Å². The standard InChI is InChI=1S/C18H26N4O3.HI/c1-12(2)17(23)22-7-6-14(10-22)21-18(19-3)20-9-13-4-5-15-16(8-13)25-11-24-15;/h4-5,8,12,14H,6-7,9-11H2,1-3H3,(H2,19,20,21);1H. The van der Waals surface area contributed by atoms with Crippen molar-refractivity contribution in [3.05, 3.63) is 23.8 Å². The number of rotatable bonds is 4. The highest BCUT2D eigenvalue weighted by Crippen LogP contribution is 2.32. The largest absolute Gasteiger partial charge is 0.454 e. The number of guanidine groups is 1. The molecule has 0 bridgehead atoms. The van der Waals surface area contributed by atoms with Gasteiger partial charge in [-0.25, -0.2) is 0 Å². The lowest BCUT2D eigenvalue weighted by atomic mass is 10.2. The van der Waals surface area contributed by atoms with Gasteiger partial charge in [0, 0.05) is 38.6 Å². The van der Waals surface area contributed by atoms with Gasteiger partial charge >= 0.3 is 0 Å². The Hall–Kier alpha value is -1.71. The van der Waals surface area contributed by atoms with E-state index in [1.54, 1.807) is 7.05 Å². The van der Waals surface area contributed by atoms with Crippen LogP contribution in [0.1, 0.15) is 25.8 Å². The van der Waals surface area contributed by atoms with Gasteiger partial charge in [0.1, 0.15) is 0 Å². The van der Waals surface area contributed by atoms with Crippen molar-refractivity contribution in [1.82, 2.24) is 15.5 Å². The minimum absolute atomic E-state index is 0. The summed E-state index contributed by atoms with van der Waals surface area (Å²) < 4.78 is 10.7. The van der Waals surface area contributed by atoms with Gasteiger partial charge in [0.2, 0.25) is 12.7 Å². The van der Waals surface area contributed by atoms with Crippen molar-refractivity contribution in [1.29, 1.82) is 0 Å². The van der Waals surface area contributed by atoms with E-state index in [0.29, 0.717) is 6.54 Å². The Balaban J connectivity index is 0.00000243. The van der Waals surface area contributed by atoms with Crippen LogP contribution in [0.15, 0.2) is 23.2 Å². The number of amides is 1. The number of ether oxygens (including phenoxy) is 2. The number of nitrogens with zero attached hydrogens (tertiary/aromatic N) is 2.